The first kappa shape index (κ1) is 24.6. The number of carbonyl (C=O) groups is 1. The molecule has 1 aromatic heterocycles. The van der Waals surface area contributed by atoms with Crippen LogP contribution in [0.5, 0.6) is 0 Å². The Hall–Kier alpha value is -1.67. The van der Waals surface area contributed by atoms with Gasteiger partial charge in [-0.3, -0.25) is 9.69 Å². The van der Waals surface area contributed by atoms with E-state index in [0.717, 1.165) is 44.3 Å². The van der Waals surface area contributed by atoms with Crippen molar-refractivity contribution >= 4 is 30.7 Å². The van der Waals surface area contributed by atoms with Gasteiger partial charge < -0.3 is 15.2 Å². The molecule has 7 nitrogen and oxygen atoms in total. The zero-order chi connectivity index (χ0) is 19.6. The third-order valence-electron chi connectivity index (χ3n) is 6.15. The first-order valence-electron chi connectivity index (χ1n) is 10.3. The summed E-state index contributed by atoms with van der Waals surface area (Å²) in [5.74, 6) is 1.35. The summed E-state index contributed by atoms with van der Waals surface area (Å²) in [7, 11) is 0. The lowest BCUT2D eigenvalue weighted by Crippen LogP contribution is -2.60. The maximum Gasteiger partial charge on any atom is 0.244 e. The molecule has 1 saturated heterocycles. The van der Waals surface area contributed by atoms with Crippen LogP contribution in [0, 0.1) is 0 Å². The van der Waals surface area contributed by atoms with Gasteiger partial charge in [0.1, 0.15) is 0 Å². The minimum atomic E-state index is -0.650. The zero-order valence-electron chi connectivity index (χ0n) is 17.3. The number of aromatic nitrogens is 2. The fourth-order valence-corrected chi connectivity index (χ4v) is 4.29. The zero-order valence-corrected chi connectivity index (χ0v) is 19.0. The van der Waals surface area contributed by atoms with Crippen LogP contribution < -0.4 is 5.73 Å². The Morgan fingerprint density at radius 3 is 2.33 bits per heavy atom. The maximum atomic E-state index is 12.9. The van der Waals surface area contributed by atoms with Crippen molar-refractivity contribution in [3.63, 3.8) is 0 Å². The smallest absolute Gasteiger partial charge is 0.244 e. The molecule has 1 aliphatic heterocycles. The van der Waals surface area contributed by atoms with Crippen LogP contribution in [-0.4, -0.2) is 57.6 Å². The van der Waals surface area contributed by atoms with Crippen LogP contribution in [-0.2, 0) is 4.79 Å². The van der Waals surface area contributed by atoms with Gasteiger partial charge in [0.25, 0.3) is 0 Å². The van der Waals surface area contributed by atoms with Crippen molar-refractivity contribution in [2.45, 2.75) is 50.6 Å². The van der Waals surface area contributed by atoms with E-state index in [1.165, 1.54) is 6.42 Å². The van der Waals surface area contributed by atoms with E-state index in [2.05, 4.69) is 22.0 Å². The summed E-state index contributed by atoms with van der Waals surface area (Å²) in [5, 5.41) is 4.12. The van der Waals surface area contributed by atoms with Crippen molar-refractivity contribution in [1.29, 1.82) is 0 Å². The highest BCUT2D eigenvalue weighted by molar-refractivity contribution is 5.86. The highest BCUT2D eigenvalue weighted by Gasteiger charge is 2.39. The van der Waals surface area contributed by atoms with Gasteiger partial charge in [0, 0.05) is 31.7 Å². The minimum absolute atomic E-state index is 0. The van der Waals surface area contributed by atoms with Gasteiger partial charge in [-0.25, -0.2) is 0 Å². The molecule has 2 fully saturated rings. The monoisotopic (exact) mass is 455 g/mol. The number of piperazine rings is 1. The van der Waals surface area contributed by atoms with Crippen molar-refractivity contribution in [2.75, 3.05) is 26.2 Å². The predicted molar refractivity (Wildman–Crippen MR) is 121 cm³/mol. The SMILES string of the molecule is CC(c1nc(-c2ccccc2)no1)N1CCN(C(=O)C2(N)CCCCC2)CC1.Cl.Cl. The second kappa shape index (κ2) is 10.6. The van der Waals surface area contributed by atoms with Gasteiger partial charge in [0.15, 0.2) is 0 Å². The maximum absolute atomic E-state index is 12.9. The Labute approximate surface area is 190 Å². The van der Waals surface area contributed by atoms with E-state index < -0.39 is 5.54 Å². The minimum Gasteiger partial charge on any atom is -0.339 e. The summed E-state index contributed by atoms with van der Waals surface area (Å²) in [4.78, 5) is 21.7. The molecular formula is C21H31Cl2N5O2. The molecule has 30 heavy (non-hydrogen) atoms. The Morgan fingerprint density at radius 2 is 1.70 bits per heavy atom. The van der Waals surface area contributed by atoms with Crippen molar-refractivity contribution in [3.05, 3.63) is 36.2 Å². The molecule has 1 saturated carbocycles. The highest BCUT2D eigenvalue weighted by atomic mass is 35.5. The number of nitrogens with two attached hydrogens (primary N) is 1. The number of hydrogen-bond acceptors (Lipinski definition) is 6. The number of halogens is 2. The third kappa shape index (κ3) is 5.14. The summed E-state index contributed by atoms with van der Waals surface area (Å²) in [6.45, 7) is 5.03. The molecule has 1 aliphatic carbocycles. The van der Waals surface area contributed by atoms with Crippen LogP contribution in [0.15, 0.2) is 34.9 Å². The Balaban J connectivity index is 0.00000160. The number of amides is 1. The number of hydrogen-bond donors (Lipinski definition) is 1. The average Bonchev–Trinajstić information content (AvgIpc) is 3.24. The Kier molecular flexibility index (Phi) is 8.67. The van der Waals surface area contributed by atoms with Crippen molar-refractivity contribution in [1.82, 2.24) is 19.9 Å². The van der Waals surface area contributed by atoms with Crippen molar-refractivity contribution in [3.8, 4) is 11.4 Å². The number of rotatable bonds is 4. The van der Waals surface area contributed by atoms with E-state index >= 15 is 0 Å². The molecule has 1 amide bonds. The normalized spacial score (nSPS) is 20.0. The fourth-order valence-electron chi connectivity index (χ4n) is 4.29. The summed E-state index contributed by atoms with van der Waals surface area (Å²) in [6.07, 6.45) is 4.92. The summed E-state index contributed by atoms with van der Waals surface area (Å²) < 4.78 is 5.52. The molecule has 2 aromatic rings. The van der Waals surface area contributed by atoms with E-state index in [9.17, 15) is 4.79 Å². The fraction of sp³-hybridized carbons (Fsp3) is 0.571. The van der Waals surface area contributed by atoms with Gasteiger partial charge in [-0.05, 0) is 19.8 Å². The first-order valence-corrected chi connectivity index (χ1v) is 10.3. The second-order valence-corrected chi connectivity index (χ2v) is 8.04. The van der Waals surface area contributed by atoms with Crippen molar-refractivity contribution in [2.24, 2.45) is 5.73 Å². The summed E-state index contributed by atoms with van der Waals surface area (Å²) in [5.41, 5.74) is 6.73. The molecule has 1 atom stereocenters. The van der Waals surface area contributed by atoms with Gasteiger partial charge in [0.2, 0.25) is 17.6 Å². The first-order chi connectivity index (χ1) is 13.6. The van der Waals surface area contributed by atoms with Gasteiger partial charge in [-0.2, -0.15) is 4.98 Å². The molecule has 2 heterocycles. The van der Waals surface area contributed by atoms with Crippen molar-refractivity contribution < 1.29 is 9.32 Å². The van der Waals surface area contributed by atoms with Crippen LogP contribution in [0.4, 0.5) is 0 Å². The van der Waals surface area contributed by atoms with Crippen LogP contribution >= 0.6 is 24.8 Å². The largest absolute Gasteiger partial charge is 0.339 e. The lowest BCUT2D eigenvalue weighted by atomic mass is 9.81. The van der Waals surface area contributed by atoms with E-state index in [4.69, 9.17) is 10.3 Å². The van der Waals surface area contributed by atoms with E-state index in [1.807, 2.05) is 35.2 Å². The standard InChI is InChI=1S/C21H29N5O2.2ClH/c1-16(19-23-18(24-28-19)17-8-4-2-5-9-17)25-12-14-26(15-13-25)20(27)21(22)10-6-3-7-11-21;;/h2,4-5,8-9,16H,3,6-7,10-15,22H2,1H3;2*1H. The Morgan fingerprint density at radius 1 is 1.07 bits per heavy atom. The molecule has 166 valence electrons. The molecule has 0 radical (unpaired) electrons. The number of carbonyl (C=O) groups excluding carboxylic acids is 1. The number of nitrogens with zero attached hydrogens (tertiary/aromatic N) is 4. The van der Waals surface area contributed by atoms with Gasteiger partial charge >= 0.3 is 0 Å². The lowest BCUT2D eigenvalue weighted by Gasteiger charge is -2.42. The quantitative estimate of drug-likeness (QED) is 0.758. The van der Waals surface area contributed by atoms with E-state index in [0.29, 0.717) is 24.8 Å². The topological polar surface area (TPSA) is 88.5 Å². The molecule has 0 spiro atoms. The van der Waals surface area contributed by atoms with Crippen LogP contribution in [0.2, 0.25) is 0 Å². The van der Waals surface area contributed by atoms with E-state index in [-0.39, 0.29) is 36.8 Å². The molecule has 1 aromatic carbocycles. The molecular weight excluding hydrogens is 425 g/mol. The molecule has 2 N–H and O–H groups in total. The summed E-state index contributed by atoms with van der Waals surface area (Å²) in [6, 6.07) is 9.84. The Bertz CT molecular complexity index is 803. The van der Waals surface area contributed by atoms with Gasteiger partial charge in [-0.15, -0.1) is 24.8 Å². The molecule has 2 aliphatic rings. The molecule has 0 bridgehead atoms. The highest BCUT2D eigenvalue weighted by Crippen LogP contribution is 2.29. The summed E-state index contributed by atoms with van der Waals surface area (Å²) >= 11 is 0. The second-order valence-electron chi connectivity index (χ2n) is 8.04. The van der Waals surface area contributed by atoms with Crippen LogP contribution in [0.25, 0.3) is 11.4 Å². The average molecular weight is 456 g/mol. The molecule has 9 heteroatoms. The molecule has 4 rings (SSSR count). The number of benzene rings is 1. The van der Waals surface area contributed by atoms with Crippen LogP contribution in [0.1, 0.15) is 51.0 Å². The van der Waals surface area contributed by atoms with E-state index in [1.54, 1.807) is 0 Å². The predicted octanol–water partition coefficient (Wildman–Crippen LogP) is 3.45. The van der Waals surface area contributed by atoms with Gasteiger partial charge in [0.05, 0.1) is 11.6 Å². The lowest BCUT2D eigenvalue weighted by molar-refractivity contribution is -0.140. The third-order valence-corrected chi connectivity index (χ3v) is 6.15. The van der Waals surface area contributed by atoms with Crippen LogP contribution in [0.3, 0.4) is 0 Å². The molecule has 1 unspecified atom stereocenters. The van der Waals surface area contributed by atoms with Gasteiger partial charge in [-0.1, -0.05) is 54.8 Å².